The number of benzene rings is 1. The molecule has 7 atom stereocenters. The van der Waals surface area contributed by atoms with Crippen molar-refractivity contribution in [2.75, 3.05) is 0 Å². The van der Waals surface area contributed by atoms with Crippen LogP contribution < -0.4 is 5.19 Å². The molecule has 0 spiro atoms. The number of hydrogen-bond acceptors (Lipinski definition) is 0. The standard InChI is InChI=1S/C22H36Si/c1-6-19-12-13-21(14-19)23(20-10-8-7-9-11-20)22-17(4)15(2)16(3)18(22)5/h7-11,15-19,21-23H,6,12-14H2,1-5H3. The fourth-order valence-electron chi connectivity index (χ4n) is 6.09. The lowest BCUT2D eigenvalue weighted by Gasteiger charge is -2.35. The second-order valence-electron chi connectivity index (χ2n) is 8.80. The molecule has 128 valence electrons. The molecular formula is C22H36Si. The van der Waals surface area contributed by atoms with Gasteiger partial charge in [-0.2, -0.15) is 0 Å². The van der Waals surface area contributed by atoms with E-state index in [1.807, 2.05) is 0 Å². The SMILES string of the molecule is CCC1CCC([SiH](c2ccccc2)C2C(C)C(C)C(C)C2C)C1. The minimum Gasteiger partial charge on any atom is -0.0651 e. The van der Waals surface area contributed by atoms with Gasteiger partial charge in [0.1, 0.15) is 0 Å². The minimum absolute atomic E-state index is 0.900. The average Bonchev–Trinajstić information content (AvgIpc) is 3.12. The summed E-state index contributed by atoms with van der Waals surface area (Å²) in [7, 11) is -0.942. The molecule has 2 fully saturated rings. The third-order valence-electron chi connectivity index (χ3n) is 7.97. The summed E-state index contributed by atoms with van der Waals surface area (Å²) in [4.78, 5) is 0. The van der Waals surface area contributed by atoms with Gasteiger partial charge in [-0.1, -0.05) is 89.4 Å². The van der Waals surface area contributed by atoms with Crippen LogP contribution in [0.25, 0.3) is 0 Å². The first-order valence-corrected chi connectivity index (χ1v) is 12.0. The van der Waals surface area contributed by atoms with Gasteiger partial charge in [-0.15, -0.1) is 0 Å². The van der Waals surface area contributed by atoms with Gasteiger partial charge < -0.3 is 0 Å². The second kappa shape index (κ2) is 7.13. The Morgan fingerprint density at radius 2 is 1.48 bits per heavy atom. The molecule has 0 bridgehead atoms. The molecule has 1 aromatic carbocycles. The average molecular weight is 329 g/mol. The molecule has 23 heavy (non-hydrogen) atoms. The van der Waals surface area contributed by atoms with Crippen LogP contribution in [0.1, 0.15) is 60.3 Å². The highest BCUT2D eigenvalue weighted by molar-refractivity contribution is 6.76. The highest BCUT2D eigenvalue weighted by Crippen LogP contribution is 2.54. The molecule has 0 saturated heterocycles. The van der Waals surface area contributed by atoms with Crippen LogP contribution in [0.4, 0.5) is 0 Å². The summed E-state index contributed by atoms with van der Waals surface area (Å²) >= 11 is 0. The zero-order valence-electron chi connectivity index (χ0n) is 15.8. The zero-order chi connectivity index (χ0) is 16.6. The molecule has 2 aliphatic rings. The first kappa shape index (κ1) is 17.3. The van der Waals surface area contributed by atoms with Crippen molar-refractivity contribution in [2.24, 2.45) is 29.6 Å². The van der Waals surface area contributed by atoms with E-state index < -0.39 is 8.80 Å². The molecule has 0 aliphatic heterocycles. The monoisotopic (exact) mass is 328 g/mol. The molecule has 0 radical (unpaired) electrons. The van der Waals surface area contributed by atoms with Crippen LogP contribution >= 0.6 is 0 Å². The quantitative estimate of drug-likeness (QED) is 0.628. The van der Waals surface area contributed by atoms with Crippen LogP contribution in [0, 0.1) is 29.6 Å². The molecule has 1 heteroatoms. The Morgan fingerprint density at radius 3 is 2.00 bits per heavy atom. The van der Waals surface area contributed by atoms with Crippen LogP contribution in [0.2, 0.25) is 11.1 Å². The van der Waals surface area contributed by atoms with Crippen molar-refractivity contribution in [3.05, 3.63) is 30.3 Å². The van der Waals surface area contributed by atoms with Crippen LogP contribution in [0.15, 0.2) is 30.3 Å². The van der Waals surface area contributed by atoms with Gasteiger partial charge in [-0.05, 0) is 47.1 Å². The highest BCUT2D eigenvalue weighted by atomic mass is 28.3. The topological polar surface area (TPSA) is 0 Å². The predicted octanol–water partition coefficient (Wildman–Crippen LogP) is 5.63. The molecular weight excluding hydrogens is 292 g/mol. The van der Waals surface area contributed by atoms with Crippen molar-refractivity contribution >= 4 is 14.0 Å². The second-order valence-corrected chi connectivity index (χ2v) is 12.2. The molecule has 0 aromatic heterocycles. The Hall–Kier alpha value is -0.563. The summed E-state index contributed by atoms with van der Waals surface area (Å²) in [6.45, 7) is 12.6. The smallest absolute Gasteiger partial charge is 0.0651 e. The van der Waals surface area contributed by atoms with Gasteiger partial charge in [0.15, 0.2) is 0 Å². The molecule has 3 rings (SSSR count). The van der Waals surface area contributed by atoms with Crippen molar-refractivity contribution in [3.63, 3.8) is 0 Å². The molecule has 7 unspecified atom stereocenters. The van der Waals surface area contributed by atoms with Gasteiger partial charge in [0.05, 0.1) is 8.80 Å². The Labute approximate surface area is 145 Å². The van der Waals surface area contributed by atoms with Crippen molar-refractivity contribution in [2.45, 2.75) is 71.4 Å². The van der Waals surface area contributed by atoms with E-state index in [1.165, 1.54) is 25.7 Å². The van der Waals surface area contributed by atoms with Crippen LogP contribution in [-0.4, -0.2) is 8.80 Å². The van der Waals surface area contributed by atoms with E-state index in [0.29, 0.717) is 0 Å². The summed E-state index contributed by atoms with van der Waals surface area (Å²) in [6, 6.07) is 11.7. The summed E-state index contributed by atoms with van der Waals surface area (Å²) in [5, 5.41) is 1.76. The summed E-state index contributed by atoms with van der Waals surface area (Å²) in [5.74, 6) is 4.64. The molecule has 1 aromatic rings. The van der Waals surface area contributed by atoms with Gasteiger partial charge in [0, 0.05) is 0 Å². The van der Waals surface area contributed by atoms with Crippen LogP contribution in [-0.2, 0) is 0 Å². The molecule has 2 saturated carbocycles. The van der Waals surface area contributed by atoms with Gasteiger partial charge in [-0.3, -0.25) is 0 Å². The Kier molecular flexibility index (Phi) is 5.35. The lowest BCUT2D eigenvalue weighted by molar-refractivity contribution is 0.352. The lowest BCUT2D eigenvalue weighted by atomic mass is 9.92. The molecule has 0 nitrogen and oxygen atoms in total. The Bertz CT molecular complexity index is 482. The van der Waals surface area contributed by atoms with E-state index >= 15 is 0 Å². The maximum Gasteiger partial charge on any atom is 0.0775 e. The van der Waals surface area contributed by atoms with Crippen molar-refractivity contribution in [3.8, 4) is 0 Å². The van der Waals surface area contributed by atoms with E-state index in [9.17, 15) is 0 Å². The van der Waals surface area contributed by atoms with Gasteiger partial charge >= 0.3 is 0 Å². The van der Waals surface area contributed by atoms with E-state index in [4.69, 9.17) is 0 Å². The largest absolute Gasteiger partial charge is 0.0775 e. The van der Waals surface area contributed by atoms with Gasteiger partial charge in [0.25, 0.3) is 0 Å². The Morgan fingerprint density at radius 1 is 0.870 bits per heavy atom. The summed E-state index contributed by atoms with van der Waals surface area (Å²) in [5.41, 5.74) is 2.05. The van der Waals surface area contributed by atoms with E-state index in [2.05, 4.69) is 65.0 Å². The third-order valence-corrected chi connectivity index (χ3v) is 12.8. The predicted molar refractivity (Wildman–Crippen MR) is 105 cm³/mol. The maximum atomic E-state index is 2.57. The fraction of sp³-hybridized carbons (Fsp3) is 0.727. The van der Waals surface area contributed by atoms with Crippen LogP contribution in [0.3, 0.4) is 0 Å². The third kappa shape index (κ3) is 3.18. The number of hydrogen-bond donors (Lipinski definition) is 0. The summed E-state index contributed by atoms with van der Waals surface area (Å²) in [6.07, 6.45) is 5.94. The lowest BCUT2D eigenvalue weighted by Crippen LogP contribution is -2.42. The minimum atomic E-state index is -0.942. The van der Waals surface area contributed by atoms with Crippen molar-refractivity contribution in [1.82, 2.24) is 0 Å². The van der Waals surface area contributed by atoms with Gasteiger partial charge in [0.2, 0.25) is 0 Å². The van der Waals surface area contributed by atoms with E-state index in [0.717, 1.165) is 40.7 Å². The van der Waals surface area contributed by atoms with Gasteiger partial charge in [-0.25, -0.2) is 0 Å². The summed E-state index contributed by atoms with van der Waals surface area (Å²) < 4.78 is 0. The fourth-order valence-corrected chi connectivity index (χ4v) is 11.6. The first-order valence-electron chi connectivity index (χ1n) is 10.1. The van der Waals surface area contributed by atoms with Crippen molar-refractivity contribution in [1.29, 1.82) is 0 Å². The number of rotatable bonds is 4. The van der Waals surface area contributed by atoms with E-state index in [-0.39, 0.29) is 0 Å². The molecule has 0 N–H and O–H groups in total. The maximum absolute atomic E-state index is 2.57. The van der Waals surface area contributed by atoms with Crippen LogP contribution in [0.5, 0.6) is 0 Å². The highest BCUT2D eigenvalue weighted by Gasteiger charge is 2.48. The van der Waals surface area contributed by atoms with E-state index in [1.54, 1.807) is 5.19 Å². The Balaban J connectivity index is 1.93. The van der Waals surface area contributed by atoms with Crippen molar-refractivity contribution < 1.29 is 0 Å². The molecule has 0 amide bonds. The molecule has 2 aliphatic carbocycles. The molecule has 0 heterocycles. The zero-order valence-corrected chi connectivity index (χ0v) is 17.0. The first-order chi connectivity index (χ1) is 11.0. The normalized spacial score (nSPS) is 42.0.